The van der Waals surface area contributed by atoms with Crippen LogP contribution in [0.4, 0.5) is 19.1 Å². The number of rotatable bonds is 2. The molecular weight excluding hydrogens is 247 g/mol. The lowest BCUT2D eigenvalue weighted by atomic mass is 9.81. The predicted molar refractivity (Wildman–Crippen MR) is 60.0 cm³/mol. The number of hydrogen-bond acceptors (Lipinski definition) is 4. The minimum absolute atomic E-state index is 0.0691. The van der Waals surface area contributed by atoms with E-state index in [1.807, 2.05) is 5.10 Å². The number of anilines is 1. The van der Waals surface area contributed by atoms with Gasteiger partial charge in [-0.1, -0.05) is 6.92 Å². The van der Waals surface area contributed by atoms with Crippen molar-refractivity contribution in [2.24, 2.45) is 11.1 Å². The van der Waals surface area contributed by atoms with Gasteiger partial charge < -0.3 is 10.6 Å². The summed E-state index contributed by atoms with van der Waals surface area (Å²) in [5, 5.41) is 5.54. The van der Waals surface area contributed by atoms with E-state index in [4.69, 9.17) is 5.73 Å². The van der Waals surface area contributed by atoms with E-state index in [9.17, 15) is 13.2 Å². The molecule has 0 saturated carbocycles. The van der Waals surface area contributed by atoms with Crippen molar-refractivity contribution >= 4 is 5.95 Å². The Morgan fingerprint density at radius 1 is 1.39 bits per heavy atom. The van der Waals surface area contributed by atoms with Crippen LogP contribution in [-0.2, 0) is 6.18 Å². The molecule has 1 aromatic heterocycles. The number of aromatic amines is 1. The van der Waals surface area contributed by atoms with Gasteiger partial charge in [0.25, 0.3) is 0 Å². The minimum Gasteiger partial charge on any atom is -0.340 e. The molecule has 2 heterocycles. The van der Waals surface area contributed by atoms with E-state index in [-0.39, 0.29) is 11.4 Å². The van der Waals surface area contributed by atoms with Crippen LogP contribution in [0, 0.1) is 5.41 Å². The summed E-state index contributed by atoms with van der Waals surface area (Å²) in [7, 11) is 0. The summed E-state index contributed by atoms with van der Waals surface area (Å²) in [6.07, 6.45) is -2.81. The Bertz CT molecular complexity index is 406. The number of nitrogens with two attached hydrogens (primary N) is 1. The summed E-state index contributed by atoms with van der Waals surface area (Å²) in [5.41, 5.74) is 5.75. The van der Waals surface area contributed by atoms with Gasteiger partial charge in [-0.25, -0.2) is 0 Å². The van der Waals surface area contributed by atoms with Crippen molar-refractivity contribution in [3.8, 4) is 0 Å². The molecule has 5 nitrogen and oxygen atoms in total. The monoisotopic (exact) mass is 263 g/mol. The Kier molecular flexibility index (Phi) is 3.22. The molecule has 0 atom stereocenters. The fourth-order valence-corrected chi connectivity index (χ4v) is 1.97. The molecule has 0 bridgehead atoms. The normalized spacial score (nSPS) is 20.2. The molecule has 1 saturated heterocycles. The Hall–Kier alpha value is -1.31. The van der Waals surface area contributed by atoms with Crippen LogP contribution in [0.5, 0.6) is 0 Å². The van der Waals surface area contributed by atoms with Crippen LogP contribution in [0.3, 0.4) is 0 Å². The van der Waals surface area contributed by atoms with Gasteiger partial charge in [0.1, 0.15) is 0 Å². The highest BCUT2D eigenvalue weighted by molar-refractivity contribution is 5.30. The third-order valence-corrected chi connectivity index (χ3v) is 3.49. The first-order valence-corrected chi connectivity index (χ1v) is 5.79. The zero-order valence-corrected chi connectivity index (χ0v) is 10.1. The minimum atomic E-state index is -4.48. The van der Waals surface area contributed by atoms with Gasteiger partial charge in [-0.3, -0.25) is 5.10 Å². The summed E-state index contributed by atoms with van der Waals surface area (Å²) < 4.78 is 37.1. The molecule has 18 heavy (non-hydrogen) atoms. The van der Waals surface area contributed by atoms with Crippen LogP contribution in [0.1, 0.15) is 25.6 Å². The summed E-state index contributed by atoms with van der Waals surface area (Å²) in [4.78, 5) is 5.23. The molecule has 1 fully saturated rings. The Morgan fingerprint density at radius 3 is 2.44 bits per heavy atom. The largest absolute Gasteiger partial charge is 0.451 e. The zero-order valence-electron chi connectivity index (χ0n) is 10.1. The lowest BCUT2D eigenvalue weighted by Gasteiger charge is -2.38. The van der Waals surface area contributed by atoms with Crippen molar-refractivity contribution in [2.75, 3.05) is 24.5 Å². The number of aromatic nitrogens is 3. The average Bonchev–Trinajstić information content (AvgIpc) is 2.79. The Morgan fingerprint density at radius 2 is 2.00 bits per heavy atom. The Labute approximate surface area is 103 Å². The zero-order chi connectivity index (χ0) is 13.4. The molecule has 0 radical (unpaired) electrons. The number of hydrogen-bond donors (Lipinski definition) is 2. The summed E-state index contributed by atoms with van der Waals surface area (Å²) in [6, 6.07) is 0. The summed E-state index contributed by atoms with van der Waals surface area (Å²) in [5.74, 6) is -0.939. The molecule has 1 aliphatic rings. The van der Waals surface area contributed by atoms with Crippen LogP contribution in [0.15, 0.2) is 0 Å². The van der Waals surface area contributed by atoms with Crippen LogP contribution in [0.2, 0.25) is 0 Å². The van der Waals surface area contributed by atoms with E-state index in [0.29, 0.717) is 19.6 Å². The van der Waals surface area contributed by atoms with Crippen LogP contribution in [0.25, 0.3) is 0 Å². The van der Waals surface area contributed by atoms with Crippen LogP contribution < -0.4 is 10.6 Å². The molecular formula is C10H16F3N5. The highest BCUT2D eigenvalue weighted by atomic mass is 19.4. The van der Waals surface area contributed by atoms with Crippen molar-refractivity contribution in [2.45, 2.75) is 25.9 Å². The number of H-pyrrole nitrogens is 1. The van der Waals surface area contributed by atoms with Gasteiger partial charge in [0.15, 0.2) is 0 Å². The lowest BCUT2D eigenvalue weighted by Crippen LogP contribution is -2.42. The van der Waals surface area contributed by atoms with E-state index in [1.165, 1.54) is 0 Å². The fourth-order valence-electron chi connectivity index (χ4n) is 1.97. The number of piperidine rings is 1. The molecule has 2 rings (SSSR count). The first-order valence-electron chi connectivity index (χ1n) is 5.79. The van der Waals surface area contributed by atoms with Crippen molar-refractivity contribution in [1.29, 1.82) is 0 Å². The van der Waals surface area contributed by atoms with Crippen molar-refractivity contribution in [3.63, 3.8) is 0 Å². The smallest absolute Gasteiger partial charge is 0.340 e. The summed E-state index contributed by atoms with van der Waals surface area (Å²) >= 11 is 0. The van der Waals surface area contributed by atoms with Gasteiger partial charge >= 0.3 is 6.18 Å². The molecule has 0 unspecified atom stereocenters. The number of halogens is 3. The van der Waals surface area contributed by atoms with Crippen molar-refractivity contribution in [3.05, 3.63) is 5.82 Å². The maximum atomic E-state index is 12.4. The lowest BCUT2D eigenvalue weighted by molar-refractivity contribution is -0.144. The average molecular weight is 263 g/mol. The van der Waals surface area contributed by atoms with Crippen LogP contribution in [-0.4, -0.2) is 34.8 Å². The van der Waals surface area contributed by atoms with Crippen molar-refractivity contribution in [1.82, 2.24) is 15.2 Å². The molecule has 1 aromatic rings. The van der Waals surface area contributed by atoms with E-state index in [0.717, 1.165) is 12.8 Å². The first-order chi connectivity index (χ1) is 8.34. The van der Waals surface area contributed by atoms with Gasteiger partial charge in [0, 0.05) is 13.1 Å². The third-order valence-electron chi connectivity index (χ3n) is 3.49. The van der Waals surface area contributed by atoms with Gasteiger partial charge in [-0.15, -0.1) is 5.10 Å². The second-order valence-electron chi connectivity index (χ2n) is 4.98. The van der Waals surface area contributed by atoms with E-state index in [1.54, 1.807) is 4.90 Å². The standard InChI is InChI=1S/C10H16F3N5/c1-9(6-14)2-4-18(5-3-9)8-15-7(16-17-8)10(11,12)13/h2-6,14H2,1H3,(H,15,16,17). The predicted octanol–water partition coefficient (Wildman–Crippen LogP) is 1.39. The van der Waals surface area contributed by atoms with Gasteiger partial charge in [-0.2, -0.15) is 18.2 Å². The second kappa shape index (κ2) is 4.42. The third kappa shape index (κ3) is 2.58. The molecule has 1 aliphatic heterocycles. The van der Waals surface area contributed by atoms with Gasteiger partial charge in [-0.05, 0) is 24.8 Å². The molecule has 0 amide bonds. The van der Waals surface area contributed by atoms with Crippen molar-refractivity contribution < 1.29 is 13.2 Å². The molecule has 3 N–H and O–H groups in total. The van der Waals surface area contributed by atoms with Crippen LogP contribution >= 0.6 is 0 Å². The van der Waals surface area contributed by atoms with E-state index in [2.05, 4.69) is 17.0 Å². The molecule has 102 valence electrons. The molecule has 0 spiro atoms. The SMILES string of the molecule is CC1(CN)CCN(c2n[nH]c(C(F)(F)F)n2)CC1. The number of alkyl halides is 3. The molecule has 0 aliphatic carbocycles. The first kappa shape index (κ1) is 13.1. The highest BCUT2D eigenvalue weighted by Gasteiger charge is 2.37. The molecule has 8 heteroatoms. The molecule has 0 aromatic carbocycles. The van der Waals surface area contributed by atoms with E-state index < -0.39 is 12.0 Å². The maximum absolute atomic E-state index is 12.4. The van der Waals surface area contributed by atoms with Gasteiger partial charge in [0.05, 0.1) is 0 Å². The quantitative estimate of drug-likeness (QED) is 0.846. The fraction of sp³-hybridized carbons (Fsp3) is 0.800. The van der Waals surface area contributed by atoms with E-state index >= 15 is 0 Å². The number of nitrogens with zero attached hydrogens (tertiary/aromatic N) is 3. The number of nitrogens with one attached hydrogen (secondary N) is 1. The topological polar surface area (TPSA) is 70.8 Å². The van der Waals surface area contributed by atoms with Gasteiger partial charge in [0.2, 0.25) is 11.8 Å². The highest BCUT2D eigenvalue weighted by Crippen LogP contribution is 2.32. The maximum Gasteiger partial charge on any atom is 0.451 e. The second-order valence-corrected chi connectivity index (χ2v) is 4.98. The Balaban J connectivity index is 2.04. The summed E-state index contributed by atoms with van der Waals surface area (Å²) in [6.45, 7) is 3.93.